The van der Waals surface area contributed by atoms with Gasteiger partial charge in [0.15, 0.2) is 0 Å². The zero-order valence-corrected chi connectivity index (χ0v) is 15.2. The van der Waals surface area contributed by atoms with Crippen LogP contribution in [0.3, 0.4) is 0 Å². The largest absolute Gasteiger partial charge is 0.362 e. The van der Waals surface area contributed by atoms with E-state index < -0.39 is 10.0 Å². The quantitative estimate of drug-likeness (QED) is 0.605. The number of nitrogens with zero attached hydrogens (tertiary/aromatic N) is 2. The molecule has 7 heteroatoms. The molecule has 0 aromatic heterocycles. The Balaban J connectivity index is 2.53. The predicted octanol–water partition coefficient (Wildman–Crippen LogP) is 4.00. The summed E-state index contributed by atoms with van der Waals surface area (Å²) in [5, 5.41) is 0.737. The summed E-state index contributed by atoms with van der Waals surface area (Å²) in [6, 6.07) is 11.4. The molecule has 0 heterocycles. The number of halogens is 2. The molecule has 0 fully saturated rings. The summed E-state index contributed by atoms with van der Waals surface area (Å²) in [6.45, 7) is 1.89. The molecule has 2 aromatic carbocycles. The number of aryl methyl sites for hydroxylation is 1. The summed E-state index contributed by atoms with van der Waals surface area (Å²) in [5.74, 6) is 0.282. The monoisotopic (exact) mass is 370 g/mol. The van der Waals surface area contributed by atoms with E-state index >= 15 is 0 Å². The molecule has 0 atom stereocenters. The Bertz CT molecular complexity index is 845. The maximum Gasteiger partial charge on any atom is 0.284 e. The Morgan fingerprint density at radius 3 is 2.13 bits per heavy atom. The summed E-state index contributed by atoms with van der Waals surface area (Å²) >= 11 is 11.9. The molecular weight excluding hydrogens is 355 g/mol. The Kier molecular flexibility index (Phi) is 5.34. The number of hydrogen-bond donors (Lipinski definition) is 0. The van der Waals surface area contributed by atoms with Gasteiger partial charge in [0.1, 0.15) is 5.84 Å². The van der Waals surface area contributed by atoms with Crippen molar-refractivity contribution in [2.24, 2.45) is 4.40 Å². The van der Waals surface area contributed by atoms with E-state index in [1.54, 1.807) is 49.3 Å². The third-order valence-electron chi connectivity index (χ3n) is 3.13. The van der Waals surface area contributed by atoms with Crippen molar-refractivity contribution in [2.75, 3.05) is 14.1 Å². The second-order valence-electron chi connectivity index (χ2n) is 5.23. The molecule has 4 nitrogen and oxygen atoms in total. The smallest absolute Gasteiger partial charge is 0.284 e. The average Bonchev–Trinajstić information content (AvgIpc) is 2.48. The average molecular weight is 371 g/mol. The van der Waals surface area contributed by atoms with E-state index in [-0.39, 0.29) is 10.7 Å². The SMILES string of the molecule is Cc1ccc(S(=O)(=O)/N=C(/c2ccc(Cl)c(Cl)c2)N(C)C)cc1. The minimum Gasteiger partial charge on any atom is -0.362 e. The molecule has 0 aliphatic rings. The van der Waals surface area contributed by atoms with Crippen LogP contribution in [0.2, 0.25) is 10.0 Å². The fourth-order valence-corrected chi connectivity index (χ4v) is 3.28. The van der Waals surface area contributed by atoms with Gasteiger partial charge in [-0.3, -0.25) is 0 Å². The second-order valence-corrected chi connectivity index (χ2v) is 7.64. The highest BCUT2D eigenvalue weighted by Gasteiger charge is 2.17. The second kappa shape index (κ2) is 6.91. The lowest BCUT2D eigenvalue weighted by Crippen LogP contribution is -2.24. The van der Waals surface area contributed by atoms with Gasteiger partial charge in [0.2, 0.25) is 0 Å². The first-order valence-corrected chi connectivity index (χ1v) is 8.95. The lowest BCUT2D eigenvalue weighted by Gasteiger charge is -2.16. The molecule has 0 saturated carbocycles. The predicted molar refractivity (Wildman–Crippen MR) is 95.1 cm³/mol. The van der Waals surface area contributed by atoms with E-state index in [1.165, 1.54) is 12.1 Å². The van der Waals surface area contributed by atoms with Gasteiger partial charge in [0.25, 0.3) is 10.0 Å². The highest BCUT2D eigenvalue weighted by Crippen LogP contribution is 2.24. The third kappa shape index (κ3) is 4.25. The lowest BCUT2D eigenvalue weighted by molar-refractivity contribution is 0.592. The first kappa shape index (κ1) is 17.8. The maximum atomic E-state index is 12.5. The van der Waals surface area contributed by atoms with Crippen molar-refractivity contribution < 1.29 is 8.42 Å². The van der Waals surface area contributed by atoms with E-state index in [4.69, 9.17) is 23.2 Å². The molecule has 0 N–H and O–H groups in total. The van der Waals surface area contributed by atoms with Crippen LogP contribution in [-0.4, -0.2) is 33.2 Å². The minimum absolute atomic E-state index is 0.141. The molecule has 23 heavy (non-hydrogen) atoms. The van der Waals surface area contributed by atoms with Gasteiger partial charge in [0.05, 0.1) is 14.9 Å². The molecule has 122 valence electrons. The van der Waals surface area contributed by atoms with Crippen LogP contribution in [0.1, 0.15) is 11.1 Å². The summed E-state index contributed by atoms with van der Waals surface area (Å²) in [6.07, 6.45) is 0. The number of benzene rings is 2. The molecule has 2 aromatic rings. The zero-order valence-electron chi connectivity index (χ0n) is 12.9. The number of hydrogen-bond acceptors (Lipinski definition) is 2. The molecule has 0 radical (unpaired) electrons. The van der Waals surface area contributed by atoms with E-state index in [1.807, 2.05) is 6.92 Å². The van der Waals surface area contributed by atoms with Gasteiger partial charge in [-0.1, -0.05) is 40.9 Å². The van der Waals surface area contributed by atoms with Crippen LogP contribution in [0, 0.1) is 6.92 Å². The topological polar surface area (TPSA) is 49.7 Å². The van der Waals surface area contributed by atoms with Gasteiger partial charge in [-0.2, -0.15) is 8.42 Å². The van der Waals surface area contributed by atoms with E-state index in [0.717, 1.165) is 5.56 Å². The minimum atomic E-state index is -3.82. The van der Waals surface area contributed by atoms with Crippen LogP contribution in [-0.2, 0) is 10.0 Å². The van der Waals surface area contributed by atoms with Crippen LogP contribution in [0.5, 0.6) is 0 Å². The Hall–Kier alpha value is -1.56. The summed E-state index contributed by atoms with van der Waals surface area (Å²) in [5.41, 5.74) is 1.55. The summed E-state index contributed by atoms with van der Waals surface area (Å²) in [7, 11) is -0.394. The number of rotatable bonds is 3. The fraction of sp³-hybridized carbons (Fsp3) is 0.188. The van der Waals surface area contributed by atoms with Crippen molar-refractivity contribution in [1.29, 1.82) is 0 Å². The normalized spacial score (nSPS) is 12.3. The van der Waals surface area contributed by atoms with Crippen molar-refractivity contribution in [3.63, 3.8) is 0 Å². The van der Waals surface area contributed by atoms with Crippen molar-refractivity contribution in [3.8, 4) is 0 Å². The van der Waals surface area contributed by atoms with Crippen LogP contribution in [0.25, 0.3) is 0 Å². The first-order valence-electron chi connectivity index (χ1n) is 6.75. The highest BCUT2D eigenvalue weighted by atomic mass is 35.5. The molecule has 0 bridgehead atoms. The third-order valence-corrected chi connectivity index (χ3v) is 5.15. The Morgan fingerprint density at radius 1 is 1.00 bits per heavy atom. The van der Waals surface area contributed by atoms with Gasteiger partial charge < -0.3 is 4.90 Å². The Morgan fingerprint density at radius 2 is 1.61 bits per heavy atom. The standard InChI is InChI=1S/C16H16Cl2N2O2S/c1-11-4-7-13(8-5-11)23(21,22)19-16(20(2)3)12-6-9-14(17)15(18)10-12/h4-10H,1-3H3/b19-16-. The maximum absolute atomic E-state index is 12.5. The van der Waals surface area contributed by atoms with E-state index in [9.17, 15) is 8.42 Å². The fourth-order valence-electron chi connectivity index (χ4n) is 1.90. The number of amidine groups is 1. The molecule has 2 rings (SSSR count). The van der Waals surface area contributed by atoms with Gasteiger partial charge >= 0.3 is 0 Å². The molecular formula is C16H16Cl2N2O2S. The van der Waals surface area contributed by atoms with E-state index in [0.29, 0.717) is 15.6 Å². The summed E-state index contributed by atoms with van der Waals surface area (Å²) in [4.78, 5) is 1.76. The molecule has 0 amide bonds. The van der Waals surface area contributed by atoms with Crippen LogP contribution in [0.4, 0.5) is 0 Å². The molecule has 0 unspecified atom stereocenters. The zero-order chi connectivity index (χ0) is 17.2. The van der Waals surface area contributed by atoms with Crippen molar-refractivity contribution in [3.05, 3.63) is 63.6 Å². The number of sulfonamides is 1. The molecule has 0 aliphatic heterocycles. The van der Waals surface area contributed by atoms with Crippen LogP contribution >= 0.6 is 23.2 Å². The van der Waals surface area contributed by atoms with Crippen molar-refractivity contribution in [1.82, 2.24) is 4.90 Å². The van der Waals surface area contributed by atoms with Gasteiger partial charge in [-0.05, 0) is 37.3 Å². The first-order chi connectivity index (χ1) is 10.7. The van der Waals surface area contributed by atoms with E-state index in [2.05, 4.69) is 4.40 Å². The summed E-state index contributed by atoms with van der Waals surface area (Å²) < 4.78 is 29.0. The van der Waals surface area contributed by atoms with Crippen molar-refractivity contribution in [2.45, 2.75) is 11.8 Å². The van der Waals surface area contributed by atoms with Gasteiger partial charge in [-0.15, -0.1) is 4.40 Å². The molecule has 0 aliphatic carbocycles. The van der Waals surface area contributed by atoms with Crippen LogP contribution in [0.15, 0.2) is 51.8 Å². The van der Waals surface area contributed by atoms with Crippen molar-refractivity contribution >= 4 is 39.1 Å². The lowest BCUT2D eigenvalue weighted by atomic mass is 10.2. The molecule has 0 saturated heterocycles. The van der Waals surface area contributed by atoms with Gasteiger partial charge in [-0.25, -0.2) is 0 Å². The molecule has 0 spiro atoms. The van der Waals surface area contributed by atoms with Gasteiger partial charge in [0, 0.05) is 19.7 Å². The Labute approximate surface area is 146 Å². The highest BCUT2D eigenvalue weighted by molar-refractivity contribution is 7.90. The van der Waals surface area contributed by atoms with Crippen LogP contribution < -0.4 is 0 Å².